The Hall–Kier alpha value is -0.770. The first kappa shape index (κ1) is 14.3. The molecule has 4 heteroatoms. The number of hydrogen-bond donors (Lipinski definition) is 0. The van der Waals surface area contributed by atoms with Gasteiger partial charge in [-0.1, -0.05) is 34.6 Å². The molecule has 0 saturated heterocycles. The Morgan fingerprint density at radius 2 is 2.12 bits per heavy atom. The van der Waals surface area contributed by atoms with Gasteiger partial charge in [0.25, 0.3) is 0 Å². The van der Waals surface area contributed by atoms with E-state index < -0.39 is 0 Å². The van der Waals surface area contributed by atoms with Crippen LogP contribution in [-0.4, -0.2) is 21.5 Å². The van der Waals surface area contributed by atoms with Crippen LogP contribution in [0.4, 0.5) is 0 Å². The van der Waals surface area contributed by atoms with E-state index in [4.69, 9.17) is 0 Å². The molecule has 96 valence electrons. The fourth-order valence-corrected chi connectivity index (χ4v) is 2.07. The molecule has 0 aliphatic carbocycles. The Kier molecular flexibility index (Phi) is 4.80. The van der Waals surface area contributed by atoms with Gasteiger partial charge in [0, 0.05) is 30.1 Å². The Labute approximate surface area is 109 Å². The van der Waals surface area contributed by atoms with Crippen molar-refractivity contribution in [3.8, 4) is 0 Å². The van der Waals surface area contributed by atoms with Crippen molar-refractivity contribution in [3.63, 3.8) is 0 Å². The average molecular weight is 253 g/mol. The zero-order valence-electron chi connectivity index (χ0n) is 11.7. The van der Waals surface area contributed by atoms with Gasteiger partial charge in [-0.3, -0.25) is 0 Å². The predicted molar refractivity (Wildman–Crippen MR) is 76.8 cm³/mol. The molecule has 0 unspecified atom stereocenters. The molecule has 1 aromatic rings. The molecule has 0 saturated carbocycles. The predicted octanol–water partition coefficient (Wildman–Crippen LogP) is 3.44. The summed E-state index contributed by atoms with van der Waals surface area (Å²) in [5.41, 5.74) is 1.35. The Morgan fingerprint density at radius 1 is 1.47 bits per heavy atom. The van der Waals surface area contributed by atoms with Crippen molar-refractivity contribution in [2.24, 2.45) is 17.4 Å². The molecule has 1 heterocycles. The van der Waals surface area contributed by atoms with Crippen molar-refractivity contribution in [1.82, 2.24) is 9.55 Å². The summed E-state index contributed by atoms with van der Waals surface area (Å²) in [4.78, 5) is 4.40. The van der Waals surface area contributed by atoms with Crippen molar-refractivity contribution >= 4 is 18.2 Å². The highest BCUT2D eigenvalue weighted by atomic mass is 32.2. The van der Waals surface area contributed by atoms with E-state index in [1.165, 1.54) is 5.69 Å². The molecule has 0 aliphatic rings. The molecule has 0 amide bonds. The molecule has 0 radical (unpaired) electrons. The summed E-state index contributed by atoms with van der Waals surface area (Å²) < 4.78 is 6.46. The molecular weight excluding hydrogens is 230 g/mol. The van der Waals surface area contributed by atoms with Gasteiger partial charge in [-0.25, -0.2) is 9.38 Å². The summed E-state index contributed by atoms with van der Waals surface area (Å²) in [6.07, 6.45) is 3.79. The summed E-state index contributed by atoms with van der Waals surface area (Å²) in [5, 5.41) is 0. The number of hydrogen-bond acceptors (Lipinski definition) is 3. The van der Waals surface area contributed by atoms with Crippen molar-refractivity contribution in [2.75, 3.05) is 5.75 Å². The maximum Gasteiger partial charge on any atom is 0.151 e. The zero-order chi connectivity index (χ0) is 13.1. The fraction of sp³-hybridized carbons (Fsp3) is 0.692. The van der Waals surface area contributed by atoms with Crippen LogP contribution in [0.5, 0.6) is 0 Å². The van der Waals surface area contributed by atoms with Crippen molar-refractivity contribution < 1.29 is 0 Å². The monoisotopic (exact) mass is 253 g/mol. The minimum absolute atomic E-state index is 0.124. The van der Waals surface area contributed by atoms with E-state index in [-0.39, 0.29) is 5.41 Å². The summed E-state index contributed by atoms with van der Waals surface area (Å²) >= 11 is 1.60. The lowest BCUT2D eigenvalue weighted by Gasteiger charge is -2.18. The highest BCUT2D eigenvalue weighted by Gasteiger charge is 2.18. The van der Waals surface area contributed by atoms with Crippen LogP contribution in [0, 0.1) is 5.92 Å². The number of imidazole rings is 1. The van der Waals surface area contributed by atoms with Gasteiger partial charge in [0.1, 0.15) is 0 Å². The first-order chi connectivity index (χ1) is 7.82. The Morgan fingerprint density at radius 3 is 2.59 bits per heavy atom. The third-order valence-electron chi connectivity index (χ3n) is 2.44. The maximum absolute atomic E-state index is 4.40. The van der Waals surface area contributed by atoms with E-state index in [2.05, 4.69) is 48.6 Å². The van der Waals surface area contributed by atoms with Gasteiger partial charge < -0.3 is 4.57 Å². The van der Waals surface area contributed by atoms with Crippen molar-refractivity contribution in [1.29, 1.82) is 0 Å². The second-order valence-electron chi connectivity index (χ2n) is 5.73. The van der Waals surface area contributed by atoms with Gasteiger partial charge in [0.15, 0.2) is 5.82 Å². The summed E-state index contributed by atoms with van der Waals surface area (Å²) in [6, 6.07) is 0. The molecule has 0 aliphatic heterocycles. The topological polar surface area (TPSA) is 30.2 Å². The van der Waals surface area contributed by atoms with Crippen molar-refractivity contribution in [2.45, 2.75) is 40.0 Å². The normalized spacial score (nSPS) is 12.9. The largest absolute Gasteiger partial charge is 0.330 e. The quantitative estimate of drug-likeness (QED) is 0.608. The molecule has 0 N–H and O–H groups in total. The van der Waals surface area contributed by atoms with Crippen LogP contribution in [0.15, 0.2) is 10.6 Å². The lowest BCUT2D eigenvalue weighted by atomic mass is 9.93. The number of aromatic nitrogens is 2. The first-order valence-electron chi connectivity index (χ1n) is 6.00. The zero-order valence-corrected chi connectivity index (χ0v) is 12.5. The molecule has 1 rings (SSSR count). The second kappa shape index (κ2) is 5.71. The SMILES string of the molecule is CC(C)CSN=Cc1ncc(C(C)(C)C)n1C. The standard InChI is InChI=1S/C13H23N3S/c1-10(2)9-17-15-8-12-14-7-11(16(12)6)13(3,4)5/h7-8,10H,9H2,1-6H3. The molecule has 0 fully saturated rings. The summed E-state index contributed by atoms with van der Waals surface area (Å²) in [5.74, 6) is 2.64. The van der Waals surface area contributed by atoms with E-state index in [9.17, 15) is 0 Å². The smallest absolute Gasteiger partial charge is 0.151 e. The molecule has 0 spiro atoms. The van der Waals surface area contributed by atoms with Gasteiger partial charge in [0.05, 0.1) is 6.21 Å². The minimum Gasteiger partial charge on any atom is -0.330 e. The molecule has 0 aromatic carbocycles. The Bertz CT molecular complexity index is 386. The van der Waals surface area contributed by atoms with E-state index in [0.29, 0.717) is 5.92 Å². The molecule has 3 nitrogen and oxygen atoms in total. The lowest BCUT2D eigenvalue weighted by molar-refractivity contribution is 0.542. The number of rotatable bonds is 4. The third-order valence-corrected chi connectivity index (χ3v) is 3.51. The molecular formula is C13H23N3S. The van der Waals surface area contributed by atoms with Gasteiger partial charge in [0.2, 0.25) is 0 Å². The van der Waals surface area contributed by atoms with Crippen LogP contribution in [0.25, 0.3) is 0 Å². The van der Waals surface area contributed by atoms with Crippen LogP contribution >= 0.6 is 11.9 Å². The average Bonchev–Trinajstić information content (AvgIpc) is 2.54. The summed E-state index contributed by atoms with van der Waals surface area (Å²) in [6.45, 7) is 11.0. The van der Waals surface area contributed by atoms with Crippen LogP contribution in [0.1, 0.15) is 46.1 Å². The fourth-order valence-electron chi connectivity index (χ4n) is 1.52. The maximum atomic E-state index is 4.40. The summed E-state index contributed by atoms with van der Waals surface area (Å²) in [7, 11) is 2.04. The van der Waals surface area contributed by atoms with E-state index in [1.54, 1.807) is 11.9 Å². The third kappa shape index (κ3) is 4.19. The van der Waals surface area contributed by atoms with Crippen molar-refractivity contribution in [3.05, 3.63) is 17.7 Å². The highest BCUT2D eigenvalue weighted by molar-refractivity contribution is 7.98. The van der Waals surface area contributed by atoms with Gasteiger partial charge in [-0.05, 0) is 17.9 Å². The van der Waals surface area contributed by atoms with Crippen LogP contribution in [-0.2, 0) is 12.5 Å². The lowest BCUT2D eigenvalue weighted by Crippen LogP contribution is -2.16. The Balaban J connectivity index is 2.71. The molecule has 17 heavy (non-hydrogen) atoms. The van der Waals surface area contributed by atoms with Gasteiger partial charge in [-0.2, -0.15) is 0 Å². The van der Waals surface area contributed by atoms with Gasteiger partial charge in [-0.15, -0.1) is 0 Å². The van der Waals surface area contributed by atoms with Crippen LogP contribution < -0.4 is 0 Å². The van der Waals surface area contributed by atoms with E-state index in [0.717, 1.165) is 11.6 Å². The minimum atomic E-state index is 0.124. The van der Waals surface area contributed by atoms with E-state index in [1.807, 2.05) is 19.5 Å². The second-order valence-corrected chi connectivity index (χ2v) is 6.54. The molecule has 1 aromatic heterocycles. The number of nitrogens with zero attached hydrogens (tertiary/aromatic N) is 3. The molecule has 0 bridgehead atoms. The first-order valence-corrected chi connectivity index (χ1v) is 6.94. The highest BCUT2D eigenvalue weighted by Crippen LogP contribution is 2.21. The van der Waals surface area contributed by atoms with Gasteiger partial charge >= 0.3 is 0 Å². The van der Waals surface area contributed by atoms with Crippen LogP contribution in [0.2, 0.25) is 0 Å². The van der Waals surface area contributed by atoms with Crippen LogP contribution in [0.3, 0.4) is 0 Å². The molecule has 0 atom stereocenters. The van der Waals surface area contributed by atoms with E-state index >= 15 is 0 Å².